The summed E-state index contributed by atoms with van der Waals surface area (Å²) in [6, 6.07) is 13.5. The molecular weight excluding hydrogens is 284 g/mol. The predicted octanol–water partition coefficient (Wildman–Crippen LogP) is 3.64. The molecule has 0 N–H and O–H groups in total. The van der Waals surface area contributed by atoms with Crippen LogP contribution < -0.4 is 0 Å². The minimum atomic E-state index is 0.117. The Morgan fingerprint density at radius 2 is 2.05 bits per heavy atom. The van der Waals surface area contributed by atoms with E-state index in [1.165, 1.54) is 0 Å². The third-order valence-corrected chi connectivity index (χ3v) is 4.12. The number of likely N-dealkylation sites (tertiary alicyclic amines) is 1. The standard InChI is InChI=1S/C17H17ClN2O/c18-14-8-6-13(7-9-14)12-17(21)20-11-3-5-16(20)15-4-1-2-10-19-15/h1-2,4,6-10,16H,3,5,11-12H2/t16-/m1/s1. The van der Waals surface area contributed by atoms with Crippen LogP contribution in [0.5, 0.6) is 0 Å². The van der Waals surface area contributed by atoms with Crippen LogP contribution in [0, 0.1) is 0 Å². The molecule has 0 unspecified atom stereocenters. The van der Waals surface area contributed by atoms with Gasteiger partial charge < -0.3 is 4.90 Å². The number of aromatic nitrogens is 1. The van der Waals surface area contributed by atoms with Gasteiger partial charge in [-0.25, -0.2) is 0 Å². The highest BCUT2D eigenvalue weighted by Crippen LogP contribution is 2.31. The van der Waals surface area contributed by atoms with Crippen LogP contribution in [0.4, 0.5) is 0 Å². The highest BCUT2D eigenvalue weighted by atomic mass is 35.5. The molecular formula is C17H17ClN2O. The molecule has 2 aromatic rings. The molecule has 1 fully saturated rings. The lowest BCUT2D eigenvalue weighted by atomic mass is 10.1. The molecule has 1 aliphatic rings. The first kappa shape index (κ1) is 14.1. The maximum absolute atomic E-state index is 12.5. The third-order valence-electron chi connectivity index (χ3n) is 3.87. The summed E-state index contributed by atoms with van der Waals surface area (Å²) >= 11 is 5.87. The van der Waals surface area contributed by atoms with Crippen molar-refractivity contribution in [2.24, 2.45) is 0 Å². The van der Waals surface area contributed by atoms with E-state index < -0.39 is 0 Å². The molecule has 0 bridgehead atoms. The van der Waals surface area contributed by atoms with E-state index in [0.717, 1.165) is 30.6 Å². The first-order valence-electron chi connectivity index (χ1n) is 7.19. The first-order chi connectivity index (χ1) is 10.2. The monoisotopic (exact) mass is 300 g/mol. The van der Waals surface area contributed by atoms with Gasteiger partial charge in [0.25, 0.3) is 0 Å². The third kappa shape index (κ3) is 3.24. The zero-order valence-corrected chi connectivity index (χ0v) is 12.5. The Bertz CT molecular complexity index is 612. The maximum Gasteiger partial charge on any atom is 0.227 e. The molecule has 1 aromatic carbocycles. The highest BCUT2D eigenvalue weighted by molar-refractivity contribution is 6.30. The summed E-state index contributed by atoms with van der Waals surface area (Å²) < 4.78 is 0. The zero-order chi connectivity index (χ0) is 14.7. The zero-order valence-electron chi connectivity index (χ0n) is 11.7. The fraction of sp³-hybridized carbons (Fsp3) is 0.294. The van der Waals surface area contributed by atoms with Crippen LogP contribution in [0.25, 0.3) is 0 Å². The van der Waals surface area contributed by atoms with Crippen molar-refractivity contribution in [3.8, 4) is 0 Å². The molecule has 1 amide bonds. The van der Waals surface area contributed by atoms with Gasteiger partial charge in [-0.1, -0.05) is 29.8 Å². The molecule has 4 heteroatoms. The van der Waals surface area contributed by atoms with Crippen molar-refractivity contribution < 1.29 is 4.79 Å². The topological polar surface area (TPSA) is 33.2 Å². The van der Waals surface area contributed by atoms with Gasteiger partial charge in [0.15, 0.2) is 0 Å². The van der Waals surface area contributed by atoms with Crippen molar-refractivity contribution in [1.29, 1.82) is 0 Å². The van der Waals surface area contributed by atoms with E-state index in [-0.39, 0.29) is 11.9 Å². The van der Waals surface area contributed by atoms with Crippen LogP contribution >= 0.6 is 11.6 Å². The number of amides is 1. The fourth-order valence-electron chi connectivity index (χ4n) is 2.82. The number of halogens is 1. The van der Waals surface area contributed by atoms with Crippen molar-refractivity contribution >= 4 is 17.5 Å². The second-order valence-electron chi connectivity index (χ2n) is 5.30. The maximum atomic E-state index is 12.5. The van der Waals surface area contributed by atoms with Crippen LogP contribution in [0.1, 0.15) is 30.1 Å². The summed E-state index contributed by atoms with van der Waals surface area (Å²) in [5.41, 5.74) is 1.98. The van der Waals surface area contributed by atoms with Gasteiger partial charge in [0, 0.05) is 17.8 Å². The lowest BCUT2D eigenvalue weighted by Gasteiger charge is -2.24. The van der Waals surface area contributed by atoms with E-state index in [1.807, 2.05) is 47.4 Å². The average molecular weight is 301 g/mol. The largest absolute Gasteiger partial charge is 0.334 e. The Hall–Kier alpha value is -1.87. The van der Waals surface area contributed by atoms with Gasteiger partial charge in [0.2, 0.25) is 5.91 Å². The van der Waals surface area contributed by atoms with Crippen LogP contribution in [0.15, 0.2) is 48.7 Å². The molecule has 0 saturated carbocycles. The molecule has 21 heavy (non-hydrogen) atoms. The molecule has 1 aromatic heterocycles. The van der Waals surface area contributed by atoms with Crippen LogP contribution in [-0.4, -0.2) is 22.3 Å². The van der Waals surface area contributed by atoms with E-state index in [1.54, 1.807) is 6.20 Å². The van der Waals surface area contributed by atoms with Gasteiger partial charge in [-0.05, 0) is 42.7 Å². The summed E-state index contributed by atoms with van der Waals surface area (Å²) in [7, 11) is 0. The molecule has 3 nitrogen and oxygen atoms in total. The van der Waals surface area contributed by atoms with E-state index in [9.17, 15) is 4.79 Å². The average Bonchev–Trinajstić information content (AvgIpc) is 3.00. The molecule has 1 saturated heterocycles. The molecule has 108 valence electrons. The Morgan fingerprint density at radius 3 is 2.76 bits per heavy atom. The molecule has 0 radical (unpaired) electrons. The van der Waals surface area contributed by atoms with Crippen molar-refractivity contribution in [1.82, 2.24) is 9.88 Å². The molecule has 1 aliphatic heterocycles. The van der Waals surface area contributed by atoms with Crippen molar-refractivity contribution in [3.05, 3.63) is 64.9 Å². The van der Waals surface area contributed by atoms with Gasteiger partial charge in [-0.2, -0.15) is 0 Å². The summed E-state index contributed by atoms with van der Waals surface area (Å²) in [5, 5.41) is 0.693. The van der Waals surface area contributed by atoms with E-state index in [4.69, 9.17) is 11.6 Å². The quantitative estimate of drug-likeness (QED) is 0.867. The molecule has 1 atom stereocenters. The van der Waals surface area contributed by atoms with E-state index in [0.29, 0.717) is 11.4 Å². The number of carbonyl (C=O) groups excluding carboxylic acids is 1. The van der Waals surface area contributed by atoms with Crippen molar-refractivity contribution in [3.63, 3.8) is 0 Å². The van der Waals surface area contributed by atoms with Gasteiger partial charge in [0.05, 0.1) is 18.2 Å². The number of nitrogens with zero attached hydrogens (tertiary/aromatic N) is 2. The van der Waals surface area contributed by atoms with Gasteiger partial charge in [-0.3, -0.25) is 9.78 Å². The summed E-state index contributed by atoms with van der Waals surface area (Å²) in [6.45, 7) is 0.813. The van der Waals surface area contributed by atoms with E-state index >= 15 is 0 Å². The normalized spacial score (nSPS) is 18.0. The van der Waals surface area contributed by atoms with Gasteiger partial charge in [0.1, 0.15) is 0 Å². The molecule has 3 rings (SSSR count). The molecule has 0 spiro atoms. The molecule has 2 heterocycles. The first-order valence-corrected chi connectivity index (χ1v) is 7.56. The highest BCUT2D eigenvalue weighted by Gasteiger charge is 2.30. The smallest absolute Gasteiger partial charge is 0.227 e. The van der Waals surface area contributed by atoms with Crippen molar-refractivity contribution in [2.45, 2.75) is 25.3 Å². The number of rotatable bonds is 3. The summed E-state index contributed by atoms with van der Waals surface area (Å²) in [4.78, 5) is 18.9. The lowest BCUT2D eigenvalue weighted by Crippen LogP contribution is -2.32. The van der Waals surface area contributed by atoms with Crippen LogP contribution in [-0.2, 0) is 11.2 Å². The minimum absolute atomic E-state index is 0.117. The van der Waals surface area contributed by atoms with E-state index in [2.05, 4.69) is 4.98 Å². The minimum Gasteiger partial charge on any atom is -0.334 e. The Labute approximate surface area is 129 Å². The summed E-state index contributed by atoms with van der Waals surface area (Å²) in [5.74, 6) is 0.158. The predicted molar refractivity (Wildman–Crippen MR) is 83.1 cm³/mol. The van der Waals surface area contributed by atoms with Crippen LogP contribution in [0.2, 0.25) is 5.02 Å². The molecule has 0 aliphatic carbocycles. The Morgan fingerprint density at radius 1 is 1.24 bits per heavy atom. The van der Waals surface area contributed by atoms with Crippen LogP contribution in [0.3, 0.4) is 0 Å². The fourth-order valence-corrected chi connectivity index (χ4v) is 2.95. The van der Waals surface area contributed by atoms with Crippen molar-refractivity contribution in [2.75, 3.05) is 6.54 Å². The number of benzene rings is 1. The summed E-state index contributed by atoms with van der Waals surface area (Å²) in [6.07, 6.45) is 4.23. The Balaban J connectivity index is 1.73. The SMILES string of the molecule is O=C(Cc1ccc(Cl)cc1)N1CCC[C@@H]1c1ccccn1. The van der Waals surface area contributed by atoms with Gasteiger partial charge in [-0.15, -0.1) is 0 Å². The Kier molecular flexibility index (Phi) is 4.20. The second kappa shape index (κ2) is 6.27. The number of pyridine rings is 1. The number of carbonyl (C=O) groups is 1. The number of hydrogen-bond acceptors (Lipinski definition) is 2. The lowest BCUT2D eigenvalue weighted by molar-refractivity contribution is -0.131. The second-order valence-corrected chi connectivity index (χ2v) is 5.74. The number of hydrogen-bond donors (Lipinski definition) is 0. The van der Waals surface area contributed by atoms with Gasteiger partial charge >= 0.3 is 0 Å².